The first-order valence-electron chi connectivity index (χ1n) is 7.27. The monoisotopic (exact) mass is 285 g/mol. The summed E-state index contributed by atoms with van der Waals surface area (Å²) in [6.45, 7) is 6.43. The number of methoxy groups -OCH3 is 1. The van der Waals surface area contributed by atoms with Crippen molar-refractivity contribution >= 4 is 12.0 Å². The first kappa shape index (κ1) is 16.8. The molecule has 1 heterocycles. The van der Waals surface area contributed by atoms with E-state index in [0.29, 0.717) is 25.4 Å². The fraction of sp³-hybridized carbons (Fsp3) is 0.857. The van der Waals surface area contributed by atoms with Crippen molar-refractivity contribution in [1.82, 2.24) is 10.2 Å². The molecule has 6 heteroatoms. The second kappa shape index (κ2) is 8.09. The lowest BCUT2D eigenvalue weighted by molar-refractivity contribution is -0.142. The summed E-state index contributed by atoms with van der Waals surface area (Å²) in [5.41, 5.74) is 5.37. The summed E-state index contributed by atoms with van der Waals surface area (Å²) < 4.78 is 4.70. The minimum atomic E-state index is -0.421. The SMILES string of the molecule is COC(=O)CC1CC(NCCC(C)C)CN(C(N)=O)C1. The lowest BCUT2D eigenvalue weighted by atomic mass is 9.91. The zero-order valence-electron chi connectivity index (χ0n) is 12.7. The first-order valence-corrected chi connectivity index (χ1v) is 7.27. The number of rotatable bonds is 6. The number of carbonyl (C=O) groups is 2. The quantitative estimate of drug-likeness (QED) is 0.712. The lowest BCUT2D eigenvalue weighted by Gasteiger charge is -2.37. The normalized spacial score (nSPS) is 22.9. The zero-order chi connectivity index (χ0) is 15.1. The van der Waals surface area contributed by atoms with Gasteiger partial charge in [0.1, 0.15) is 0 Å². The number of nitrogens with zero attached hydrogens (tertiary/aromatic N) is 1. The number of nitrogens with one attached hydrogen (secondary N) is 1. The van der Waals surface area contributed by atoms with Crippen molar-refractivity contribution in [1.29, 1.82) is 0 Å². The van der Waals surface area contributed by atoms with Crippen molar-refractivity contribution in [3.63, 3.8) is 0 Å². The van der Waals surface area contributed by atoms with Gasteiger partial charge in [0.25, 0.3) is 0 Å². The third kappa shape index (κ3) is 5.77. The number of carbonyl (C=O) groups excluding carboxylic acids is 2. The molecule has 0 aromatic carbocycles. The van der Waals surface area contributed by atoms with Crippen molar-refractivity contribution in [2.45, 2.75) is 39.2 Å². The van der Waals surface area contributed by atoms with Gasteiger partial charge in [0, 0.05) is 19.1 Å². The Hall–Kier alpha value is -1.30. The van der Waals surface area contributed by atoms with Gasteiger partial charge < -0.3 is 20.7 Å². The van der Waals surface area contributed by atoms with Crippen molar-refractivity contribution < 1.29 is 14.3 Å². The molecule has 1 fully saturated rings. The van der Waals surface area contributed by atoms with Crippen molar-refractivity contribution in [2.24, 2.45) is 17.6 Å². The summed E-state index contributed by atoms with van der Waals surface area (Å²) in [4.78, 5) is 24.4. The molecule has 0 radical (unpaired) electrons. The van der Waals surface area contributed by atoms with E-state index in [4.69, 9.17) is 10.5 Å². The molecule has 0 bridgehead atoms. The Morgan fingerprint density at radius 2 is 2.10 bits per heavy atom. The molecule has 0 aliphatic carbocycles. The third-order valence-electron chi connectivity index (χ3n) is 3.69. The molecular formula is C14H27N3O3. The van der Waals surface area contributed by atoms with E-state index in [1.54, 1.807) is 4.90 Å². The summed E-state index contributed by atoms with van der Waals surface area (Å²) in [6, 6.07) is -0.222. The van der Waals surface area contributed by atoms with E-state index in [0.717, 1.165) is 19.4 Å². The lowest BCUT2D eigenvalue weighted by Crippen LogP contribution is -2.53. The van der Waals surface area contributed by atoms with Crippen molar-refractivity contribution in [3.8, 4) is 0 Å². The number of hydrogen-bond donors (Lipinski definition) is 2. The van der Waals surface area contributed by atoms with Crippen LogP contribution >= 0.6 is 0 Å². The number of ether oxygens (including phenoxy) is 1. The number of urea groups is 1. The van der Waals surface area contributed by atoms with Gasteiger partial charge >= 0.3 is 12.0 Å². The number of primary amides is 1. The van der Waals surface area contributed by atoms with Gasteiger partial charge in [-0.05, 0) is 31.2 Å². The molecular weight excluding hydrogens is 258 g/mol. The summed E-state index contributed by atoms with van der Waals surface area (Å²) >= 11 is 0. The number of piperidine rings is 1. The molecule has 1 rings (SSSR count). The van der Waals surface area contributed by atoms with Gasteiger partial charge in [0.05, 0.1) is 13.5 Å². The number of esters is 1. The Bertz CT molecular complexity index is 334. The molecule has 0 aromatic rings. The smallest absolute Gasteiger partial charge is 0.314 e. The number of nitrogens with two attached hydrogens (primary N) is 1. The molecule has 6 nitrogen and oxygen atoms in total. The number of likely N-dealkylation sites (tertiary alicyclic amines) is 1. The summed E-state index contributed by atoms with van der Waals surface area (Å²) in [7, 11) is 1.38. The maximum atomic E-state index is 11.4. The Kier molecular flexibility index (Phi) is 6.78. The molecule has 1 saturated heterocycles. The van der Waals surface area contributed by atoms with Crippen LogP contribution in [0.3, 0.4) is 0 Å². The van der Waals surface area contributed by atoms with E-state index in [1.807, 2.05) is 0 Å². The maximum absolute atomic E-state index is 11.4. The molecule has 2 atom stereocenters. The number of amides is 2. The summed E-state index contributed by atoms with van der Waals surface area (Å²) in [5.74, 6) is 0.520. The van der Waals surface area contributed by atoms with Crippen LogP contribution in [-0.4, -0.2) is 49.7 Å². The summed E-state index contributed by atoms with van der Waals surface area (Å²) in [5, 5.41) is 3.46. The molecule has 2 unspecified atom stereocenters. The Morgan fingerprint density at radius 1 is 1.40 bits per heavy atom. The highest BCUT2D eigenvalue weighted by molar-refractivity contribution is 5.73. The predicted octanol–water partition coefficient (Wildman–Crippen LogP) is 0.954. The van der Waals surface area contributed by atoms with Crippen LogP contribution in [0.5, 0.6) is 0 Å². The van der Waals surface area contributed by atoms with Crippen LogP contribution < -0.4 is 11.1 Å². The average molecular weight is 285 g/mol. The largest absolute Gasteiger partial charge is 0.469 e. The highest BCUT2D eigenvalue weighted by Crippen LogP contribution is 2.20. The van der Waals surface area contributed by atoms with Gasteiger partial charge in [0.2, 0.25) is 0 Å². The average Bonchev–Trinajstić information content (AvgIpc) is 2.37. The van der Waals surface area contributed by atoms with Gasteiger partial charge in [-0.1, -0.05) is 13.8 Å². The minimum absolute atomic E-state index is 0.111. The van der Waals surface area contributed by atoms with Gasteiger partial charge in [0.15, 0.2) is 0 Å². The highest BCUT2D eigenvalue weighted by Gasteiger charge is 2.30. The van der Waals surface area contributed by atoms with Crippen LogP contribution in [0.4, 0.5) is 4.79 Å². The molecule has 20 heavy (non-hydrogen) atoms. The zero-order valence-corrected chi connectivity index (χ0v) is 12.7. The van der Waals surface area contributed by atoms with E-state index < -0.39 is 6.03 Å². The van der Waals surface area contributed by atoms with Crippen LogP contribution in [0, 0.1) is 11.8 Å². The second-order valence-electron chi connectivity index (χ2n) is 5.96. The maximum Gasteiger partial charge on any atom is 0.314 e. The topological polar surface area (TPSA) is 84.7 Å². The number of hydrogen-bond acceptors (Lipinski definition) is 4. The van der Waals surface area contributed by atoms with E-state index >= 15 is 0 Å². The van der Waals surface area contributed by atoms with Gasteiger partial charge in [-0.15, -0.1) is 0 Å². The molecule has 0 spiro atoms. The Morgan fingerprint density at radius 3 is 2.65 bits per heavy atom. The van der Waals surface area contributed by atoms with E-state index in [2.05, 4.69) is 19.2 Å². The summed E-state index contributed by atoms with van der Waals surface area (Å²) in [6.07, 6.45) is 2.30. The Labute approximate surface area is 121 Å². The van der Waals surface area contributed by atoms with Gasteiger partial charge in [-0.25, -0.2) is 4.79 Å². The fourth-order valence-corrected chi connectivity index (χ4v) is 2.57. The van der Waals surface area contributed by atoms with Crippen LogP contribution in [0.15, 0.2) is 0 Å². The molecule has 3 N–H and O–H groups in total. The molecule has 2 amide bonds. The second-order valence-corrected chi connectivity index (χ2v) is 5.96. The highest BCUT2D eigenvalue weighted by atomic mass is 16.5. The molecule has 1 aliphatic rings. The van der Waals surface area contributed by atoms with Crippen molar-refractivity contribution in [3.05, 3.63) is 0 Å². The van der Waals surface area contributed by atoms with Crippen LogP contribution in [0.25, 0.3) is 0 Å². The van der Waals surface area contributed by atoms with Crippen molar-refractivity contribution in [2.75, 3.05) is 26.7 Å². The standard InChI is InChI=1S/C14H27N3O3/c1-10(2)4-5-16-12-6-11(7-13(18)20-3)8-17(9-12)14(15)19/h10-12,16H,4-9H2,1-3H3,(H2,15,19). The first-order chi connectivity index (χ1) is 9.42. The van der Waals surface area contributed by atoms with Crippen LogP contribution in [-0.2, 0) is 9.53 Å². The predicted molar refractivity (Wildman–Crippen MR) is 77.1 cm³/mol. The van der Waals surface area contributed by atoms with E-state index in [-0.39, 0.29) is 17.9 Å². The molecule has 0 aromatic heterocycles. The fourth-order valence-electron chi connectivity index (χ4n) is 2.57. The van der Waals surface area contributed by atoms with Gasteiger partial charge in [-0.2, -0.15) is 0 Å². The van der Waals surface area contributed by atoms with Crippen LogP contribution in [0.1, 0.15) is 33.1 Å². The minimum Gasteiger partial charge on any atom is -0.469 e. The Balaban J connectivity index is 2.51. The van der Waals surface area contributed by atoms with E-state index in [1.165, 1.54) is 7.11 Å². The van der Waals surface area contributed by atoms with E-state index in [9.17, 15) is 9.59 Å². The molecule has 116 valence electrons. The molecule has 0 saturated carbocycles. The molecule has 1 aliphatic heterocycles. The van der Waals surface area contributed by atoms with Crippen LogP contribution in [0.2, 0.25) is 0 Å². The van der Waals surface area contributed by atoms with Gasteiger partial charge in [-0.3, -0.25) is 4.79 Å². The third-order valence-corrected chi connectivity index (χ3v) is 3.69.